The van der Waals surface area contributed by atoms with Crippen LogP contribution in [0.5, 0.6) is 0 Å². The van der Waals surface area contributed by atoms with E-state index in [2.05, 4.69) is 201 Å². The van der Waals surface area contributed by atoms with Crippen LogP contribution in [0.2, 0.25) is 0 Å². The predicted molar refractivity (Wildman–Crippen MR) is 259 cm³/mol. The van der Waals surface area contributed by atoms with Crippen molar-refractivity contribution >= 4 is 43.1 Å². The highest BCUT2D eigenvalue weighted by atomic mass is 14.0. The predicted octanol–water partition coefficient (Wildman–Crippen LogP) is 17.9. The maximum atomic E-state index is 2.24. The van der Waals surface area contributed by atoms with Crippen LogP contribution in [0, 0.1) is 55.4 Å². The van der Waals surface area contributed by atoms with E-state index in [4.69, 9.17) is 0 Å². The first-order chi connectivity index (χ1) is 27.1. The fourth-order valence-corrected chi connectivity index (χ4v) is 6.30. The lowest BCUT2D eigenvalue weighted by Gasteiger charge is -2.04. The fraction of sp³-hybridized carbons (Fsp3) is 0.286. The molecule has 0 heterocycles. The number of aryl methyl sites for hydroxylation is 8. The number of rotatable bonds is 0. The Morgan fingerprint density at radius 1 is 0.232 bits per heavy atom. The number of benzene rings is 8. The van der Waals surface area contributed by atoms with Gasteiger partial charge in [-0.2, -0.15) is 0 Å². The van der Waals surface area contributed by atoms with Crippen LogP contribution >= 0.6 is 0 Å². The second-order valence-corrected chi connectivity index (χ2v) is 13.0. The zero-order chi connectivity index (χ0) is 42.2. The van der Waals surface area contributed by atoms with Crippen molar-refractivity contribution in [1.82, 2.24) is 0 Å². The Hall–Kier alpha value is -5.20. The van der Waals surface area contributed by atoms with Gasteiger partial charge in [0.2, 0.25) is 0 Å². The summed E-state index contributed by atoms with van der Waals surface area (Å²) >= 11 is 0. The van der Waals surface area contributed by atoms with Gasteiger partial charge in [0.15, 0.2) is 0 Å². The van der Waals surface area contributed by atoms with Crippen molar-refractivity contribution in [2.24, 2.45) is 0 Å². The zero-order valence-corrected chi connectivity index (χ0v) is 37.9. The first kappa shape index (κ1) is 48.8. The van der Waals surface area contributed by atoms with Gasteiger partial charge in [-0.1, -0.05) is 207 Å². The molecule has 0 bridgehead atoms. The Bertz CT molecular complexity index is 2160. The van der Waals surface area contributed by atoms with Crippen molar-refractivity contribution in [3.05, 3.63) is 190 Å². The standard InChI is InChI=1S/4C12H12.4C2H6/c1-9-5-3-8-12-10(2)6-4-7-11(9)12;1-9-6-7-11-5-3-4-10(2)12(11)8-9;1-9-7-8-11-5-3-4-6-12(11)10(9)2;1-9-7-8-10(2)12-6-4-3-5-11(9)12;4*1-2/h4*3-8H,1-2H3;4*1-2H3. The fourth-order valence-electron chi connectivity index (χ4n) is 6.30. The van der Waals surface area contributed by atoms with Crippen molar-refractivity contribution in [3.8, 4) is 0 Å². The van der Waals surface area contributed by atoms with Crippen molar-refractivity contribution in [2.75, 3.05) is 0 Å². The number of hydrogen-bond acceptors (Lipinski definition) is 0. The lowest BCUT2D eigenvalue weighted by Crippen LogP contribution is -1.82. The molecule has 0 unspecified atom stereocenters. The summed E-state index contributed by atoms with van der Waals surface area (Å²) in [4.78, 5) is 0. The van der Waals surface area contributed by atoms with Crippen molar-refractivity contribution in [2.45, 2.75) is 111 Å². The highest BCUT2D eigenvalue weighted by Gasteiger charge is 2.00. The molecule has 0 saturated carbocycles. The van der Waals surface area contributed by atoms with Crippen LogP contribution in [-0.2, 0) is 0 Å². The van der Waals surface area contributed by atoms with Gasteiger partial charge in [-0.25, -0.2) is 0 Å². The van der Waals surface area contributed by atoms with Crippen LogP contribution in [0.3, 0.4) is 0 Å². The molecule has 0 aromatic heterocycles. The monoisotopic (exact) mass is 745 g/mol. The van der Waals surface area contributed by atoms with Gasteiger partial charge >= 0.3 is 0 Å². The minimum atomic E-state index is 1.33. The van der Waals surface area contributed by atoms with Gasteiger partial charge in [-0.05, 0) is 137 Å². The summed E-state index contributed by atoms with van der Waals surface area (Å²) in [6.07, 6.45) is 0. The van der Waals surface area contributed by atoms with E-state index in [1.807, 2.05) is 55.4 Å². The molecule has 0 nitrogen and oxygen atoms in total. The van der Waals surface area contributed by atoms with E-state index in [9.17, 15) is 0 Å². The van der Waals surface area contributed by atoms with Gasteiger partial charge in [-0.3, -0.25) is 0 Å². The summed E-state index contributed by atoms with van der Waals surface area (Å²) in [5.41, 5.74) is 10.9. The average Bonchev–Trinajstić information content (AvgIpc) is 3.25. The van der Waals surface area contributed by atoms with E-state index in [0.29, 0.717) is 0 Å². The molecule has 0 aliphatic heterocycles. The van der Waals surface area contributed by atoms with Crippen LogP contribution in [0.1, 0.15) is 99.9 Å². The van der Waals surface area contributed by atoms with Crippen LogP contribution in [0.25, 0.3) is 43.1 Å². The molecule has 0 heteroatoms. The highest BCUT2D eigenvalue weighted by Crippen LogP contribution is 2.23. The molecular weight excluding hydrogens is 673 g/mol. The maximum Gasteiger partial charge on any atom is -0.0152 e. The van der Waals surface area contributed by atoms with Crippen molar-refractivity contribution < 1.29 is 0 Å². The molecule has 56 heavy (non-hydrogen) atoms. The molecule has 8 aromatic carbocycles. The molecule has 0 saturated heterocycles. The van der Waals surface area contributed by atoms with Gasteiger partial charge in [0, 0.05) is 0 Å². The Morgan fingerprint density at radius 2 is 0.536 bits per heavy atom. The Kier molecular flexibility index (Phi) is 23.2. The van der Waals surface area contributed by atoms with Gasteiger partial charge in [-0.15, -0.1) is 0 Å². The molecule has 296 valence electrons. The minimum Gasteiger partial charge on any atom is -0.0683 e. The van der Waals surface area contributed by atoms with Crippen LogP contribution < -0.4 is 0 Å². The summed E-state index contributed by atoms with van der Waals surface area (Å²) in [5.74, 6) is 0. The molecule has 0 amide bonds. The van der Waals surface area contributed by atoms with Crippen molar-refractivity contribution in [1.29, 1.82) is 0 Å². The molecule has 8 rings (SSSR count). The number of hydrogen-bond donors (Lipinski definition) is 0. The summed E-state index contributed by atoms with van der Waals surface area (Å²) in [6, 6.07) is 51.6. The summed E-state index contributed by atoms with van der Waals surface area (Å²) in [5, 5.41) is 10.9. The SMILES string of the molecule is CC.CC.CC.CC.Cc1ccc(C)c2ccccc12.Cc1ccc2cccc(C)c2c1.Cc1ccc2ccccc2c1C.Cc1cccc2c(C)cccc12. The van der Waals surface area contributed by atoms with E-state index in [1.165, 1.54) is 87.6 Å². The van der Waals surface area contributed by atoms with Crippen LogP contribution in [0.15, 0.2) is 146 Å². The van der Waals surface area contributed by atoms with Gasteiger partial charge < -0.3 is 0 Å². The normalized spacial score (nSPS) is 9.43. The van der Waals surface area contributed by atoms with E-state index in [1.54, 1.807) is 0 Å². The molecule has 0 fully saturated rings. The summed E-state index contributed by atoms with van der Waals surface area (Å²) in [6.45, 7) is 33.2. The number of fused-ring (bicyclic) bond motifs is 4. The highest BCUT2D eigenvalue weighted by molar-refractivity contribution is 5.89. The Labute approximate surface area is 342 Å². The van der Waals surface area contributed by atoms with Gasteiger partial charge in [0.1, 0.15) is 0 Å². The van der Waals surface area contributed by atoms with Crippen LogP contribution in [-0.4, -0.2) is 0 Å². The maximum absolute atomic E-state index is 2.24. The summed E-state index contributed by atoms with van der Waals surface area (Å²) in [7, 11) is 0. The second kappa shape index (κ2) is 26.6. The molecule has 0 radical (unpaired) electrons. The lowest BCUT2D eigenvalue weighted by atomic mass is 10.0. The largest absolute Gasteiger partial charge is 0.0683 e. The van der Waals surface area contributed by atoms with E-state index >= 15 is 0 Å². The molecule has 0 spiro atoms. The molecule has 0 atom stereocenters. The third-order valence-corrected chi connectivity index (χ3v) is 9.44. The molecule has 0 aliphatic rings. The van der Waals surface area contributed by atoms with E-state index in [0.717, 1.165) is 0 Å². The van der Waals surface area contributed by atoms with Crippen molar-refractivity contribution in [3.63, 3.8) is 0 Å². The smallest absolute Gasteiger partial charge is 0.0152 e. The first-order valence-electron chi connectivity index (χ1n) is 20.9. The minimum absolute atomic E-state index is 1.33. The van der Waals surface area contributed by atoms with Crippen LogP contribution in [0.4, 0.5) is 0 Å². The lowest BCUT2D eigenvalue weighted by molar-refractivity contribution is 1.38. The van der Waals surface area contributed by atoms with E-state index in [-0.39, 0.29) is 0 Å². The average molecular weight is 745 g/mol. The first-order valence-corrected chi connectivity index (χ1v) is 20.9. The third-order valence-electron chi connectivity index (χ3n) is 9.44. The molecule has 0 N–H and O–H groups in total. The quantitative estimate of drug-likeness (QED) is 0.145. The Balaban J connectivity index is 0.000000352. The summed E-state index contributed by atoms with van der Waals surface area (Å²) < 4.78 is 0. The van der Waals surface area contributed by atoms with Gasteiger partial charge in [0.25, 0.3) is 0 Å². The van der Waals surface area contributed by atoms with Gasteiger partial charge in [0.05, 0.1) is 0 Å². The topological polar surface area (TPSA) is 0 Å². The third kappa shape index (κ3) is 13.8. The second-order valence-electron chi connectivity index (χ2n) is 13.0. The zero-order valence-electron chi connectivity index (χ0n) is 37.9. The molecule has 8 aromatic rings. The molecular formula is C56H72. The Morgan fingerprint density at radius 3 is 1.02 bits per heavy atom. The van der Waals surface area contributed by atoms with E-state index < -0.39 is 0 Å². The molecule has 0 aliphatic carbocycles.